The molecule has 1 N–H and O–H groups in total. The van der Waals surface area contributed by atoms with Gasteiger partial charge in [-0.2, -0.15) is 0 Å². The first-order valence-corrected chi connectivity index (χ1v) is 6.34. The number of amides is 1. The summed E-state index contributed by atoms with van der Waals surface area (Å²) in [6, 6.07) is 0. The highest BCUT2D eigenvalue weighted by Crippen LogP contribution is 2.28. The Bertz CT molecular complexity index is 509. The van der Waals surface area contributed by atoms with Gasteiger partial charge in [0, 0.05) is 32.3 Å². The normalized spacial score (nSPS) is 26.9. The fourth-order valence-electron chi connectivity index (χ4n) is 2.49. The smallest absolute Gasteiger partial charge is 0.330 e. The monoisotopic (exact) mass is 281 g/mol. The standard InChI is InChI=1S/C11H15N5O4/c1-13-4-6-14(7-5-13)8-2-3-9(16(18)19)15-10(8)11(17)12-20-15/h2-3,9H,4-7H2,1H3,(H,12,17). The van der Waals surface area contributed by atoms with Crippen molar-refractivity contribution in [2.75, 3.05) is 33.2 Å². The van der Waals surface area contributed by atoms with Gasteiger partial charge in [0.15, 0.2) is 5.70 Å². The molecule has 9 heteroatoms. The van der Waals surface area contributed by atoms with Crippen LogP contribution in [-0.4, -0.2) is 65.1 Å². The first kappa shape index (κ1) is 12.9. The van der Waals surface area contributed by atoms with Crippen LogP contribution in [0.1, 0.15) is 0 Å². The SMILES string of the molecule is CN1CCN(C2=C3C(=O)NON3C([N+](=O)[O-])C=C2)CC1. The molecular formula is C11H15N5O4. The van der Waals surface area contributed by atoms with Gasteiger partial charge in [-0.3, -0.25) is 14.9 Å². The van der Waals surface area contributed by atoms with Gasteiger partial charge in [0.2, 0.25) is 0 Å². The van der Waals surface area contributed by atoms with E-state index in [0.29, 0.717) is 5.70 Å². The number of likely N-dealkylation sites (N-methyl/N-ethyl adjacent to an activating group) is 1. The molecule has 2 fully saturated rings. The lowest BCUT2D eigenvalue weighted by atomic mass is 10.1. The van der Waals surface area contributed by atoms with Crippen LogP contribution >= 0.6 is 0 Å². The van der Waals surface area contributed by atoms with Crippen LogP contribution in [0.2, 0.25) is 0 Å². The first-order chi connectivity index (χ1) is 9.58. The van der Waals surface area contributed by atoms with Crippen molar-refractivity contribution in [2.45, 2.75) is 6.17 Å². The fourth-order valence-corrected chi connectivity index (χ4v) is 2.49. The van der Waals surface area contributed by atoms with E-state index in [0.717, 1.165) is 31.2 Å². The van der Waals surface area contributed by atoms with E-state index in [1.807, 2.05) is 11.9 Å². The Morgan fingerprint density at radius 1 is 1.40 bits per heavy atom. The van der Waals surface area contributed by atoms with Crippen LogP contribution < -0.4 is 5.48 Å². The molecule has 1 unspecified atom stereocenters. The summed E-state index contributed by atoms with van der Waals surface area (Å²) in [6.07, 6.45) is 1.89. The van der Waals surface area contributed by atoms with E-state index in [1.165, 1.54) is 6.08 Å². The van der Waals surface area contributed by atoms with Crippen LogP contribution in [0.25, 0.3) is 0 Å². The molecular weight excluding hydrogens is 266 g/mol. The minimum atomic E-state index is -1.18. The van der Waals surface area contributed by atoms with Gasteiger partial charge >= 0.3 is 6.17 Å². The van der Waals surface area contributed by atoms with Gasteiger partial charge in [-0.1, -0.05) is 0 Å². The third kappa shape index (κ3) is 2.00. The third-order valence-electron chi connectivity index (χ3n) is 3.64. The van der Waals surface area contributed by atoms with Crippen LogP contribution in [0, 0.1) is 10.1 Å². The molecule has 1 amide bonds. The van der Waals surface area contributed by atoms with Crippen LogP contribution in [0.5, 0.6) is 0 Å². The Morgan fingerprint density at radius 3 is 2.75 bits per heavy atom. The molecule has 0 radical (unpaired) electrons. The molecule has 9 nitrogen and oxygen atoms in total. The summed E-state index contributed by atoms with van der Waals surface area (Å²) in [4.78, 5) is 31.5. The highest BCUT2D eigenvalue weighted by molar-refractivity contribution is 5.94. The molecule has 0 aliphatic carbocycles. The van der Waals surface area contributed by atoms with Gasteiger partial charge in [0.1, 0.15) is 0 Å². The minimum Gasteiger partial charge on any atom is -0.367 e. The Balaban J connectivity index is 1.91. The highest BCUT2D eigenvalue weighted by atomic mass is 16.8. The fraction of sp³-hybridized carbons (Fsp3) is 0.545. The number of nitro groups is 1. The molecule has 108 valence electrons. The van der Waals surface area contributed by atoms with Gasteiger partial charge in [-0.15, -0.1) is 10.0 Å². The summed E-state index contributed by atoms with van der Waals surface area (Å²) >= 11 is 0. The number of hydrogen-bond acceptors (Lipinski definition) is 7. The average molecular weight is 281 g/mol. The predicted molar refractivity (Wildman–Crippen MR) is 67.1 cm³/mol. The lowest BCUT2D eigenvalue weighted by molar-refractivity contribution is -0.557. The summed E-state index contributed by atoms with van der Waals surface area (Å²) in [6.45, 7) is 3.30. The number of hydroxylamine groups is 3. The first-order valence-electron chi connectivity index (χ1n) is 6.34. The average Bonchev–Trinajstić information content (AvgIpc) is 2.81. The maximum Gasteiger partial charge on any atom is 0.330 e. The summed E-state index contributed by atoms with van der Waals surface area (Å²) in [5, 5.41) is 12.0. The Labute approximate surface area is 115 Å². The maximum atomic E-state index is 11.9. The van der Waals surface area contributed by atoms with E-state index < -0.39 is 17.0 Å². The minimum absolute atomic E-state index is 0.207. The van der Waals surface area contributed by atoms with E-state index in [2.05, 4.69) is 10.4 Å². The van der Waals surface area contributed by atoms with E-state index in [-0.39, 0.29) is 5.70 Å². The van der Waals surface area contributed by atoms with Crippen LogP contribution in [0.3, 0.4) is 0 Å². The summed E-state index contributed by atoms with van der Waals surface area (Å²) in [5.41, 5.74) is 3.05. The molecule has 0 spiro atoms. The summed E-state index contributed by atoms with van der Waals surface area (Å²) in [5.74, 6) is -0.449. The molecule has 0 saturated carbocycles. The van der Waals surface area contributed by atoms with Crippen LogP contribution in [0.15, 0.2) is 23.5 Å². The second kappa shape index (κ2) is 4.76. The largest absolute Gasteiger partial charge is 0.367 e. The topological polar surface area (TPSA) is 91.2 Å². The van der Waals surface area contributed by atoms with Crippen molar-refractivity contribution in [3.05, 3.63) is 33.7 Å². The summed E-state index contributed by atoms with van der Waals surface area (Å²) in [7, 11) is 2.03. The Hall–Kier alpha value is -2.13. The van der Waals surface area contributed by atoms with Crippen molar-refractivity contribution < 1.29 is 14.7 Å². The molecule has 3 heterocycles. The number of hydrogen-bond donors (Lipinski definition) is 1. The number of allylic oxidation sites excluding steroid dienone is 1. The van der Waals surface area contributed by atoms with Crippen LogP contribution in [0.4, 0.5) is 0 Å². The molecule has 3 rings (SSSR count). The number of fused-ring (bicyclic) bond motifs is 1. The highest BCUT2D eigenvalue weighted by Gasteiger charge is 2.43. The van der Waals surface area contributed by atoms with Gasteiger partial charge in [0.25, 0.3) is 5.91 Å². The van der Waals surface area contributed by atoms with Crippen molar-refractivity contribution >= 4 is 5.91 Å². The number of nitrogens with zero attached hydrogens (tertiary/aromatic N) is 4. The maximum absolute atomic E-state index is 11.9. The molecule has 0 bridgehead atoms. The van der Waals surface area contributed by atoms with Crippen molar-refractivity contribution in [2.24, 2.45) is 0 Å². The molecule has 1 atom stereocenters. The van der Waals surface area contributed by atoms with Crippen LogP contribution in [-0.2, 0) is 9.73 Å². The van der Waals surface area contributed by atoms with E-state index in [4.69, 9.17) is 4.94 Å². The Kier molecular flexibility index (Phi) is 3.07. The lowest BCUT2D eigenvalue weighted by Crippen LogP contribution is -2.46. The van der Waals surface area contributed by atoms with E-state index in [1.54, 1.807) is 6.08 Å². The molecule has 3 aliphatic rings. The van der Waals surface area contributed by atoms with Crippen molar-refractivity contribution in [1.29, 1.82) is 0 Å². The van der Waals surface area contributed by atoms with Gasteiger partial charge in [0.05, 0.1) is 10.6 Å². The van der Waals surface area contributed by atoms with E-state index in [9.17, 15) is 14.9 Å². The zero-order chi connectivity index (χ0) is 14.3. The quantitative estimate of drug-likeness (QED) is 0.507. The number of carbonyl (C=O) groups excluding carboxylic acids is 1. The molecule has 2 saturated heterocycles. The van der Waals surface area contributed by atoms with Crippen molar-refractivity contribution in [3.63, 3.8) is 0 Å². The van der Waals surface area contributed by atoms with Gasteiger partial charge in [-0.25, -0.2) is 5.48 Å². The molecule has 0 aromatic carbocycles. The zero-order valence-electron chi connectivity index (χ0n) is 11.0. The second-order valence-corrected chi connectivity index (χ2v) is 4.93. The van der Waals surface area contributed by atoms with Crippen molar-refractivity contribution in [3.8, 4) is 0 Å². The van der Waals surface area contributed by atoms with Crippen molar-refractivity contribution in [1.82, 2.24) is 20.3 Å². The molecule has 3 aliphatic heterocycles. The van der Waals surface area contributed by atoms with Gasteiger partial charge < -0.3 is 9.80 Å². The molecule has 20 heavy (non-hydrogen) atoms. The van der Waals surface area contributed by atoms with E-state index >= 15 is 0 Å². The molecule has 0 aromatic rings. The number of nitrogens with one attached hydrogen (secondary N) is 1. The summed E-state index contributed by atoms with van der Waals surface area (Å²) < 4.78 is 0. The number of piperazine rings is 1. The number of carbonyl (C=O) groups is 1. The van der Waals surface area contributed by atoms with Gasteiger partial charge in [-0.05, 0) is 13.1 Å². The predicted octanol–water partition coefficient (Wildman–Crippen LogP) is -1.10. The Morgan fingerprint density at radius 2 is 2.10 bits per heavy atom. The number of rotatable bonds is 2. The lowest BCUT2D eigenvalue weighted by Gasteiger charge is -2.36. The third-order valence-corrected chi connectivity index (χ3v) is 3.64. The molecule has 0 aromatic heterocycles. The zero-order valence-corrected chi connectivity index (χ0v) is 11.0. The second-order valence-electron chi connectivity index (χ2n) is 4.93.